The highest BCUT2D eigenvalue weighted by Gasteiger charge is 2.08. The monoisotopic (exact) mass is 349 g/mol. The summed E-state index contributed by atoms with van der Waals surface area (Å²) in [6.07, 6.45) is 0.747. The lowest BCUT2D eigenvalue weighted by Crippen LogP contribution is -2.15. The second-order valence-corrected chi connectivity index (χ2v) is 5.76. The maximum atomic E-state index is 8.80. The molecule has 0 spiro atoms. The van der Waals surface area contributed by atoms with Gasteiger partial charge in [0.05, 0.1) is 6.61 Å². The number of aliphatic hydroxyl groups is 1. The smallest absolute Gasteiger partial charge is 0.161 e. The van der Waals surface area contributed by atoms with Gasteiger partial charge < -0.3 is 19.9 Å². The molecular weight excluding hydrogens is 326 g/mol. The van der Waals surface area contributed by atoms with Crippen LogP contribution < -0.4 is 14.8 Å². The number of benzene rings is 2. The van der Waals surface area contributed by atoms with Crippen LogP contribution in [-0.4, -0.2) is 24.9 Å². The van der Waals surface area contributed by atoms with E-state index in [1.165, 1.54) is 0 Å². The van der Waals surface area contributed by atoms with Crippen LogP contribution in [0, 0.1) is 0 Å². The molecule has 0 amide bonds. The zero-order chi connectivity index (χ0) is 17.2. The summed E-state index contributed by atoms with van der Waals surface area (Å²) in [6.45, 7) is 4.63. The van der Waals surface area contributed by atoms with Gasteiger partial charge >= 0.3 is 0 Å². The van der Waals surface area contributed by atoms with Crippen molar-refractivity contribution in [2.45, 2.75) is 26.5 Å². The topological polar surface area (TPSA) is 50.7 Å². The molecule has 0 bridgehead atoms. The fraction of sp³-hybridized carbons (Fsp3) is 0.368. The summed E-state index contributed by atoms with van der Waals surface area (Å²) in [5.41, 5.74) is 2.05. The Hall–Kier alpha value is -1.75. The van der Waals surface area contributed by atoms with Crippen molar-refractivity contribution in [3.63, 3.8) is 0 Å². The molecule has 0 unspecified atom stereocenters. The Morgan fingerprint density at radius 1 is 1.08 bits per heavy atom. The highest BCUT2D eigenvalue weighted by atomic mass is 35.5. The maximum absolute atomic E-state index is 8.80. The second kappa shape index (κ2) is 10.2. The van der Waals surface area contributed by atoms with Gasteiger partial charge in [-0.15, -0.1) is 0 Å². The van der Waals surface area contributed by atoms with Gasteiger partial charge in [0.25, 0.3) is 0 Å². The number of aliphatic hydroxyl groups excluding tert-OH is 1. The first-order valence-electron chi connectivity index (χ1n) is 8.18. The molecule has 0 saturated heterocycles. The van der Waals surface area contributed by atoms with Gasteiger partial charge in [0, 0.05) is 23.7 Å². The lowest BCUT2D eigenvalue weighted by molar-refractivity contribution is 0.269. The van der Waals surface area contributed by atoms with Crippen molar-refractivity contribution in [1.29, 1.82) is 0 Å². The zero-order valence-corrected chi connectivity index (χ0v) is 14.7. The standard InChI is InChI=1S/C19H24ClNO3/c1-2-23-19-12-15(13-21-10-5-11-22)8-9-18(19)24-14-16-6-3-4-7-17(16)20/h3-4,6-9,12,21-22H,2,5,10-11,13-14H2,1H3. The quantitative estimate of drug-likeness (QED) is 0.641. The number of halogens is 1. The number of rotatable bonds is 10. The van der Waals surface area contributed by atoms with E-state index < -0.39 is 0 Å². The van der Waals surface area contributed by atoms with Gasteiger partial charge in [-0.05, 0) is 43.7 Å². The number of nitrogens with one attached hydrogen (secondary N) is 1. The average molecular weight is 350 g/mol. The van der Waals surface area contributed by atoms with Gasteiger partial charge in [-0.2, -0.15) is 0 Å². The first kappa shape index (κ1) is 18.6. The Balaban J connectivity index is 2.01. The third kappa shape index (κ3) is 5.71. The third-order valence-corrected chi connectivity index (χ3v) is 3.86. The number of ether oxygens (including phenoxy) is 2. The molecule has 0 radical (unpaired) electrons. The molecule has 2 aromatic carbocycles. The molecule has 2 aromatic rings. The van der Waals surface area contributed by atoms with Crippen LogP contribution in [0.2, 0.25) is 5.02 Å². The van der Waals surface area contributed by atoms with E-state index in [1.807, 2.05) is 49.4 Å². The van der Waals surface area contributed by atoms with Crippen molar-refractivity contribution in [3.05, 3.63) is 58.6 Å². The molecule has 0 aliphatic carbocycles. The first-order chi connectivity index (χ1) is 11.7. The fourth-order valence-corrected chi connectivity index (χ4v) is 2.45. The maximum Gasteiger partial charge on any atom is 0.161 e. The van der Waals surface area contributed by atoms with Crippen molar-refractivity contribution >= 4 is 11.6 Å². The van der Waals surface area contributed by atoms with Crippen LogP contribution in [0.5, 0.6) is 11.5 Å². The summed E-state index contributed by atoms with van der Waals surface area (Å²) in [5, 5.41) is 12.8. The summed E-state index contributed by atoms with van der Waals surface area (Å²) >= 11 is 6.16. The fourth-order valence-electron chi connectivity index (χ4n) is 2.26. The first-order valence-corrected chi connectivity index (χ1v) is 8.56. The number of hydrogen-bond donors (Lipinski definition) is 2. The molecule has 0 aromatic heterocycles. The Bertz CT molecular complexity index is 634. The van der Waals surface area contributed by atoms with Gasteiger partial charge in [0.15, 0.2) is 11.5 Å². The Kier molecular flexibility index (Phi) is 7.89. The van der Waals surface area contributed by atoms with E-state index in [1.54, 1.807) is 0 Å². The molecule has 5 heteroatoms. The highest BCUT2D eigenvalue weighted by molar-refractivity contribution is 6.31. The zero-order valence-electron chi connectivity index (χ0n) is 13.9. The molecule has 4 nitrogen and oxygen atoms in total. The van der Waals surface area contributed by atoms with E-state index in [0.717, 1.165) is 36.4 Å². The summed E-state index contributed by atoms with van der Waals surface area (Å²) in [5.74, 6) is 1.43. The summed E-state index contributed by atoms with van der Waals surface area (Å²) in [7, 11) is 0. The van der Waals surface area contributed by atoms with Crippen LogP contribution in [-0.2, 0) is 13.2 Å². The molecule has 0 heterocycles. The largest absolute Gasteiger partial charge is 0.490 e. The lowest BCUT2D eigenvalue weighted by atomic mass is 10.2. The normalized spacial score (nSPS) is 10.6. The number of hydrogen-bond acceptors (Lipinski definition) is 4. The van der Waals surface area contributed by atoms with E-state index in [0.29, 0.717) is 24.0 Å². The van der Waals surface area contributed by atoms with E-state index in [9.17, 15) is 0 Å². The Morgan fingerprint density at radius 3 is 2.67 bits per heavy atom. The molecule has 0 aliphatic rings. The molecule has 0 fully saturated rings. The van der Waals surface area contributed by atoms with Crippen LogP contribution in [0.4, 0.5) is 0 Å². The van der Waals surface area contributed by atoms with E-state index in [2.05, 4.69) is 5.32 Å². The minimum atomic E-state index is 0.200. The second-order valence-electron chi connectivity index (χ2n) is 5.35. The van der Waals surface area contributed by atoms with Crippen molar-refractivity contribution in [1.82, 2.24) is 5.32 Å². The minimum Gasteiger partial charge on any atom is -0.490 e. The van der Waals surface area contributed by atoms with Crippen molar-refractivity contribution in [3.8, 4) is 11.5 Å². The molecule has 2 N–H and O–H groups in total. The van der Waals surface area contributed by atoms with Gasteiger partial charge in [0.2, 0.25) is 0 Å². The van der Waals surface area contributed by atoms with E-state index in [4.69, 9.17) is 26.2 Å². The Morgan fingerprint density at radius 2 is 1.92 bits per heavy atom. The predicted molar refractivity (Wildman–Crippen MR) is 96.8 cm³/mol. The molecule has 2 rings (SSSR count). The predicted octanol–water partition coefficient (Wildman–Crippen LogP) is 3.79. The Labute approximate surface area is 148 Å². The molecule has 130 valence electrons. The summed E-state index contributed by atoms with van der Waals surface area (Å²) < 4.78 is 11.6. The van der Waals surface area contributed by atoms with E-state index >= 15 is 0 Å². The minimum absolute atomic E-state index is 0.200. The van der Waals surface area contributed by atoms with Crippen molar-refractivity contribution in [2.75, 3.05) is 19.8 Å². The van der Waals surface area contributed by atoms with Crippen LogP contribution in [0.25, 0.3) is 0 Å². The van der Waals surface area contributed by atoms with Crippen LogP contribution in [0.3, 0.4) is 0 Å². The highest BCUT2D eigenvalue weighted by Crippen LogP contribution is 2.30. The molecule has 0 aliphatic heterocycles. The SMILES string of the molecule is CCOc1cc(CNCCCO)ccc1OCc1ccccc1Cl. The third-order valence-electron chi connectivity index (χ3n) is 3.49. The van der Waals surface area contributed by atoms with Crippen molar-refractivity contribution < 1.29 is 14.6 Å². The van der Waals surface area contributed by atoms with Crippen LogP contribution >= 0.6 is 11.6 Å². The van der Waals surface area contributed by atoms with Gasteiger partial charge in [0.1, 0.15) is 6.61 Å². The van der Waals surface area contributed by atoms with E-state index in [-0.39, 0.29) is 6.61 Å². The van der Waals surface area contributed by atoms with Gasteiger partial charge in [-0.3, -0.25) is 0 Å². The molecule has 0 saturated carbocycles. The summed E-state index contributed by atoms with van der Waals surface area (Å²) in [4.78, 5) is 0. The lowest BCUT2D eigenvalue weighted by Gasteiger charge is -2.14. The molecular formula is C19H24ClNO3. The van der Waals surface area contributed by atoms with Gasteiger partial charge in [-0.25, -0.2) is 0 Å². The van der Waals surface area contributed by atoms with Crippen LogP contribution in [0.15, 0.2) is 42.5 Å². The summed E-state index contributed by atoms with van der Waals surface area (Å²) in [6, 6.07) is 13.6. The molecule has 0 atom stereocenters. The molecule has 24 heavy (non-hydrogen) atoms. The van der Waals surface area contributed by atoms with Crippen LogP contribution in [0.1, 0.15) is 24.5 Å². The van der Waals surface area contributed by atoms with Gasteiger partial charge in [-0.1, -0.05) is 35.9 Å². The average Bonchev–Trinajstić information content (AvgIpc) is 2.59. The van der Waals surface area contributed by atoms with Crippen molar-refractivity contribution in [2.24, 2.45) is 0 Å².